The van der Waals surface area contributed by atoms with Gasteiger partial charge in [-0.05, 0) is 49.9 Å². The molecule has 0 N–H and O–H groups in total. The number of rotatable bonds is 1. The van der Waals surface area contributed by atoms with Crippen LogP contribution in [-0.2, 0) is 0 Å². The second-order valence-electron chi connectivity index (χ2n) is 4.11. The molecule has 0 spiro atoms. The van der Waals surface area contributed by atoms with E-state index in [9.17, 15) is 0 Å². The summed E-state index contributed by atoms with van der Waals surface area (Å²) in [5, 5.41) is 0. The average Bonchev–Trinajstić information content (AvgIpc) is 2.33. The van der Waals surface area contributed by atoms with Crippen molar-refractivity contribution in [2.45, 2.75) is 27.7 Å². The number of hydrogen-bond acceptors (Lipinski definition) is 3. The minimum Gasteiger partial charge on any atom is -0.480 e. The van der Waals surface area contributed by atoms with Crippen molar-refractivity contribution >= 4 is 11.0 Å². The number of fused-ring (bicyclic) bond motifs is 1. The van der Waals surface area contributed by atoms with Gasteiger partial charge < -0.3 is 4.74 Å². The molecule has 0 atom stereocenters. The maximum atomic E-state index is 5.11. The summed E-state index contributed by atoms with van der Waals surface area (Å²) in [6, 6.07) is 0. The predicted octanol–water partition coefficient (Wildman–Crippen LogP) is 2.87. The van der Waals surface area contributed by atoms with Crippen LogP contribution in [0.1, 0.15) is 22.3 Å². The molecule has 84 valence electrons. The lowest BCUT2D eigenvalue weighted by Gasteiger charge is -2.12. The van der Waals surface area contributed by atoms with Gasteiger partial charge in [0.2, 0.25) is 5.88 Å². The Bertz CT molecular complexity index is 562. The number of nitrogens with zero attached hydrogens (tertiary/aromatic N) is 2. The first kappa shape index (κ1) is 10.9. The molecule has 0 aliphatic heterocycles. The van der Waals surface area contributed by atoms with Crippen LogP contribution in [0.25, 0.3) is 11.0 Å². The summed E-state index contributed by atoms with van der Waals surface area (Å²) in [6.45, 7) is 8.42. The van der Waals surface area contributed by atoms with Crippen LogP contribution in [0.2, 0.25) is 0 Å². The van der Waals surface area contributed by atoms with Gasteiger partial charge in [-0.2, -0.15) is 0 Å². The summed E-state index contributed by atoms with van der Waals surface area (Å²) in [5.74, 6) is 0.568. The van der Waals surface area contributed by atoms with E-state index in [0.29, 0.717) is 5.88 Å². The molecule has 2 aromatic rings. The Labute approximate surface area is 95.5 Å². The Morgan fingerprint density at radius 3 is 2.00 bits per heavy atom. The molecule has 0 aliphatic rings. The maximum Gasteiger partial charge on any atom is 0.232 e. The van der Waals surface area contributed by atoms with E-state index in [4.69, 9.17) is 4.74 Å². The van der Waals surface area contributed by atoms with Crippen molar-refractivity contribution in [2.75, 3.05) is 7.11 Å². The number of methoxy groups -OCH3 is 1. The van der Waals surface area contributed by atoms with E-state index in [1.807, 2.05) is 0 Å². The molecule has 0 unspecified atom stereocenters. The van der Waals surface area contributed by atoms with E-state index < -0.39 is 0 Å². The monoisotopic (exact) mass is 216 g/mol. The van der Waals surface area contributed by atoms with Gasteiger partial charge in [0, 0.05) is 0 Å². The van der Waals surface area contributed by atoms with E-state index in [-0.39, 0.29) is 0 Å². The van der Waals surface area contributed by atoms with Gasteiger partial charge in [0.25, 0.3) is 0 Å². The van der Waals surface area contributed by atoms with Crippen molar-refractivity contribution in [1.29, 1.82) is 0 Å². The van der Waals surface area contributed by atoms with E-state index in [2.05, 4.69) is 37.7 Å². The first-order valence-electron chi connectivity index (χ1n) is 5.33. The second kappa shape index (κ2) is 3.74. The minimum atomic E-state index is 0.568. The number of aromatic nitrogens is 2. The zero-order chi connectivity index (χ0) is 11.9. The Morgan fingerprint density at radius 2 is 1.44 bits per heavy atom. The van der Waals surface area contributed by atoms with Crippen LogP contribution >= 0.6 is 0 Å². The van der Waals surface area contributed by atoms with Crippen LogP contribution in [0.4, 0.5) is 0 Å². The fraction of sp³-hybridized carbons (Fsp3) is 0.385. The highest BCUT2D eigenvalue weighted by Crippen LogP contribution is 2.27. The third-order valence-corrected chi connectivity index (χ3v) is 3.36. The number of aryl methyl sites for hydroxylation is 2. The largest absolute Gasteiger partial charge is 0.480 e. The lowest BCUT2D eigenvalue weighted by molar-refractivity contribution is 0.397. The van der Waals surface area contributed by atoms with E-state index in [1.165, 1.54) is 22.3 Å². The van der Waals surface area contributed by atoms with E-state index in [1.54, 1.807) is 13.3 Å². The summed E-state index contributed by atoms with van der Waals surface area (Å²) in [6.07, 6.45) is 1.67. The topological polar surface area (TPSA) is 35.0 Å². The molecule has 0 fully saturated rings. The van der Waals surface area contributed by atoms with Crippen molar-refractivity contribution in [1.82, 2.24) is 9.97 Å². The summed E-state index contributed by atoms with van der Waals surface area (Å²) >= 11 is 0. The molecule has 3 heteroatoms. The third kappa shape index (κ3) is 1.43. The minimum absolute atomic E-state index is 0.568. The molecule has 0 saturated carbocycles. The Hall–Kier alpha value is -1.64. The number of benzene rings is 1. The van der Waals surface area contributed by atoms with Crippen LogP contribution < -0.4 is 4.74 Å². The first-order valence-corrected chi connectivity index (χ1v) is 5.33. The lowest BCUT2D eigenvalue weighted by atomic mass is 9.97. The average molecular weight is 216 g/mol. The van der Waals surface area contributed by atoms with Gasteiger partial charge in [0.1, 0.15) is 0 Å². The first-order chi connectivity index (χ1) is 7.56. The molecule has 1 aromatic heterocycles. The van der Waals surface area contributed by atoms with Crippen LogP contribution in [0.15, 0.2) is 6.20 Å². The normalized spacial score (nSPS) is 10.8. The zero-order valence-corrected chi connectivity index (χ0v) is 10.4. The molecular formula is C13H16N2O. The third-order valence-electron chi connectivity index (χ3n) is 3.36. The van der Waals surface area contributed by atoms with Gasteiger partial charge in [0.05, 0.1) is 24.3 Å². The summed E-state index contributed by atoms with van der Waals surface area (Å²) in [7, 11) is 1.61. The Morgan fingerprint density at radius 1 is 0.875 bits per heavy atom. The molecule has 0 amide bonds. The highest BCUT2D eigenvalue weighted by Gasteiger charge is 2.11. The lowest BCUT2D eigenvalue weighted by Crippen LogP contribution is -1.99. The smallest absolute Gasteiger partial charge is 0.232 e. The summed E-state index contributed by atoms with van der Waals surface area (Å²) in [4.78, 5) is 8.90. The molecule has 16 heavy (non-hydrogen) atoms. The predicted molar refractivity (Wildman–Crippen MR) is 65.0 cm³/mol. The van der Waals surface area contributed by atoms with Crippen LogP contribution in [0.3, 0.4) is 0 Å². The molecule has 0 bridgehead atoms. The second-order valence-corrected chi connectivity index (χ2v) is 4.11. The standard InChI is InChI=1S/C13H16N2O/c1-7-8(2)10(4)13-12(9(7)3)14-6-11(15-13)16-5/h6H,1-5H3. The molecule has 0 radical (unpaired) electrons. The van der Waals surface area contributed by atoms with Crippen molar-refractivity contribution < 1.29 is 4.74 Å². The maximum absolute atomic E-state index is 5.11. The van der Waals surface area contributed by atoms with E-state index in [0.717, 1.165) is 11.0 Å². The van der Waals surface area contributed by atoms with Gasteiger partial charge >= 0.3 is 0 Å². The van der Waals surface area contributed by atoms with Gasteiger partial charge in [-0.1, -0.05) is 0 Å². The molecule has 0 saturated heterocycles. The van der Waals surface area contributed by atoms with Crippen molar-refractivity contribution in [3.63, 3.8) is 0 Å². The molecule has 1 heterocycles. The highest BCUT2D eigenvalue weighted by molar-refractivity contribution is 5.84. The highest BCUT2D eigenvalue weighted by atomic mass is 16.5. The fourth-order valence-electron chi connectivity index (χ4n) is 1.92. The van der Waals surface area contributed by atoms with Crippen molar-refractivity contribution in [3.8, 4) is 5.88 Å². The van der Waals surface area contributed by atoms with Gasteiger partial charge in [-0.25, -0.2) is 9.97 Å². The molecule has 2 rings (SSSR count). The Kier molecular flexibility index (Phi) is 2.54. The van der Waals surface area contributed by atoms with Gasteiger partial charge in [-0.3, -0.25) is 0 Å². The molecule has 0 aliphatic carbocycles. The molecule has 3 nitrogen and oxygen atoms in total. The fourth-order valence-corrected chi connectivity index (χ4v) is 1.92. The summed E-state index contributed by atoms with van der Waals surface area (Å²) in [5.41, 5.74) is 6.89. The van der Waals surface area contributed by atoms with Gasteiger partial charge in [0.15, 0.2) is 0 Å². The number of ether oxygens (including phenoxy) is 1. The molecular weight excluding hydrogens is 200 g/mol. The van der Waals surface area contributed by atoms with Crippen LogP contribution in [-0.4, -0.2) is 17.1 Å². The molecule has 1 aromatic carbocycles. The quantitative estimate of drug-likeness (QED) is 0.735. The van der Waals surface area contributed by atoms with Crippen molar-refractivity contribution in [3.05, 3.63) is 28.5 Å². The number of hydrogen-bond donors (Lipinski definition) is 0. The summed E-state index contributed by atoms with van der Waals surface area (Å²) < 4.78 is 5.11. The van der Waals surface area contributed by atoms with Crippen molar-refractivity contribution in [2.24, 2.45) is 0 Å². The SMILES string of the molecule is COc1cnc2c(C)c(C)c(C)c(C)c2n1. The van der Waals surface area contributed by atoms with E-state index >= 15 is 0 Å². The van der Waals surface area contributed by atoms with Crippen LogP contribution in [0, 0.1) is 27.7 Å². The zero-order valence-electron chi connectivity index (χ0n) is 10.4. The van der Waals surface area contributed by atoms with Gasteiger partial charge in [-0.15, -0.1) is 0 Å². The Balaban J connectivity index is 2.91. The van der Waals surface area contributed by atoms with Crippen LogP contribution in [0.5, 0.6) is 5.88 Å².